The van der Waals surface area contributed by atoms with Crippen LogP contribution in [0.15, 0.2) is 23.4 Å². The highest BCUT2D eigenvalue weighted by molar-refractivity contribution is 7.98. The molecule has 3 aromatic rings. The second-order valence-corrected chi connectivity index (χ2v) is 5.85. The second-order valence-electron chi connectivity index (χ2n) is 4.90. The van der Waals surface area contributed by atoms with Crippen molar-refractivity contribution in [3.8, 4) is 17.0 Å². The first-order valence-electron chi connectivity index (χ1n) is 6.98. The molecule has 0 aliphatic rings. The SMILES string of the molecule is COc1ccc(-c2n[nH]nc2C(N)=O)cc1CSc1n[nH]c(C)n1. The number of carbonyl (C=O) groups is 1. The van der Waals surface area contributed by atoms with Gasteiger partial charge < -0.3 is 10.5 Å². The molecule has 1 aromatic carbocycles. The van der Waals surface area contributed by atoms with E-state index in [-0.39, 0.29) is 5.69 Å². The molecule has 0 unspecified atom stereocenters. The van der Waals surface area contributed by atoms with E-state index < -0.39 is 5.91 Å². The fraction of sp³-hybridized carbons (Fsp3) is 0.214. The quantitative estimate of drug-likeness (QED) is 0.573. The van der Waals surface area contributed by atoms with Crippen molar-refractivity contribution in [3.05, 3.63) is 35.3 Å². The Hall–Kier alpha value is -2.88. The fourth-order valence-corrected chi connectivity index (χ4v) is 2.99. The van der Waals surface area contributed by atoms with Crippen LogP contribution in [0, 0.1) is 6.92 Å². The highest BCUT2D eigenvalue weighted by Gasteiger charge is 2.17. The third-order valence-electron chi connectivity index (χ3n) is 3.27. The summed E-state index contributed by atoms with van der Waals surface area (Å²) in [6.45, 7) is 1.84. The molecule has 0 bridgehead atoms. The van der Waals surface area contributed by atoms with Crippen molar-refractivity contribution in [2.75, 3.05) is 7.11 Å². The summed E-state index contributed by atoms with van der Waals surface area (Å²) < 4.78 is 5.39. The van der Waals surface area contributed by atoms with E-state index in [1.165, 1.54) is 11.8 Å². The van der Waals surface area contributed by atoms with E-state index in [0.29, 0.717) is 16.6 Å². The van der Waals surface area contributed by atoms with Gasteiger partial charge in [-0.05, 0) is 25.1 Å². The smallest absolute Gasteiger partial charge is 0.271 e. The first-order chi connectivity index (χ1) is 11.6. The molecule has 1 amide bonds. The van der Waals surface area contributed by atoms with Crippen LogP contribution in [-0.2, 0) is 5.75 Å². The summed E-state index contributed by atoms with van der Waals surface area (Å²) in [4.78, 5) is 15.7. The van der Waals surface area contributed by atoms with Gasteiger partial charge in [0.05, 0.1) is 7.11 Å². The number of hydrogen-bond acceptors (Lipinski definition) is 7. The molecule has 24 heavy (non-hydrogen) atoms. The number of nitrogens with zero attached hydrogens (tertiary/aromatic N) is 4. The van der Waals surface area contributed by atoms with Crippen LogP contribution in [0.25, 0.3) is 11.3 Å². The summed E-state index contributed by atoms with van der Waals surface area (Å²) in [6, 6.07) is 5.50. The van der Waals surface area contributed by atoms with E-state index in [1.807, 2.05) is 19.1 Å². The summed E-state index contributed by atoms with van der Waals surface area (Å²) in [6.07, 6.45) is 0. The van der Waals surface area contributed by atoms with Crippen molar-refractivity contribution in [2.24, 2.45) is 5.73 Å². The Morgan fingerprint density at radius 3 is 2.83 bits per heavy atom. The van der Waals surface area contributed by atoms with Gasteiger partial charge in [-0.25, -0.2) is 4.98 Å². The number of primary amides is 1. The second kappa shape index (κ2) is 6.71. The van der Waals surface area contributed by atoms with Gasteiger partial charge in [0.1, 0.15) is 17.3 Å². The Kier molecular flexibility index (Phi) is 4.47. The summed E-state index contributed by atoms with van der Waals surface area (Å²) in [5.74, 6) is 1.44. The Bertz CT molecular complexity index is 874. The molecule has 0 aliphatic carbocycles. The molecule has 4 N–H and O–H groups in total. The maximum atomic E-state index is 11.4. The third-order valence-corrected chi connectivity index (χ3v) is 4.16. The minimum Gasteiger partial charge on any atom is -0.496 e. The lowest BCUT2D eigenvalue weighted by Crippen LogP contribution is -2.12. The molecule has 0 spiro atoms. The number of thioether (sulfide) groups is 1. The fourth-order valence-electron chi connectivity index (χ4n) is 2.17. The molecule has 0 saturated heterocycles. The molecule has 0 atom stereocenters. The van der Waals surface area contributed by atoms with Gasteiger partial charge in [-0.2, -0.15) is 15.4 Å². The van der Waals surface area contributed by atoms with E-state index >= 15 is 0 Å². The first kappa shape index (κ1) is 16.0. The topological polar surface area (TPSA) is 135 Å². The molecular weight excluding hydrogens is 330 g/mol. The lowest BCUT2D eigenvalue weighted by atomic mass is 10.1. The first-order valence-corrected chi connectivity index (χ1v) is 7.96. The number of benzene rings is 1. The predicted molar refractivity (Wildman–Crippen MR) is 87.6 cm³/mol. The summed E-state index contributed by atoms with van der Waals surface area (Å²) >= 11 is 1.47. The molecule has 0 radical (unpaired) electrons. The van der Waals surface area contributed by atoms with E-state index in [1.54, 1.807) is 13.2 Å². The summed E-state index contributed by atoms with van der Waals surface area (Å²) in [5, 5.41) is 17.8. The molecule has 0 aliphatic heterocycles. The van der Waals surface area contributed by atoms with Crippen molar-refractivity contribution < 1.29 is 9.53 Å². The Morgan fingerprint density at radius 1 is 1.33 bits per heavy atom. The molecule has 3 rings (SSSR count). The summed E-state index contributed by atoms with van der Waals surface area (Å²) in [7, 11) is 1.60. The van der Waals surface area contributed by atoms with Gasteiger partial charge in [0.2, 0.25) is 5.16 Å². The molecule has 2 aromatic heterocycles. The maximum Gasteiger partial charge on any atom is 0.271 e. The number of aryl methyl sites for hydroxylation is 1. The molecule has 0 saturated carbocycles. The number of nitrogens with two attached hydrogens (primary N) is 1. The number of hydrogen-bond donors (Lipinski definition) is 3. The van der Waals surface area contributed by atoms with Crippen molar-refractivity contribution in [2.45, 2.75) is 17.8 Å². The van der Waals surface area contributed by atoms with Gasteiger partial charge in [0.15, 0.2) is 5.69 Å². The zero-order valence-corrected chi connectivity index (χ0v) is 13.8. The van der Waals surface area contributed by atoms with Gasteiger partial charge in [-0.15, -0.1) is 5.10 Å². The van der Waals surface area contributed by atoms with Crippen LogP contribution >= 0.6 is 11.8 Å². The van der Waals surface area contributed by atoms with Crippen LogP contribution < -0.4 is 10.5 Å². The minimum absolute atomic E-state index is 0.100. The third kappa shape index (κ3) is 3.23. The maximum absolute atomic E-state index is 11.4. The van der Waals surface area contributed by atoms with E-state index in [9.17, 15) is 4.79 Å². The van der Waals surface area contributed by atoms with Crippen molar-refractivity contribution in [1.82, 2.24) is 30.6 Å². The largest absolute Gasteiger partial charge is 0.496 e. The van der Waals surface area contributed by atoms with E-state index in [0.717, 1.165) is 22.7 Å². The Labute approximate surface area is 141 Å². The van der Waals surface area contributed by atoms with Crippen LogP contribution in [0.2, 0.25) is 0 Å². The predicted octanol–water partition coefficient (Wildman–Crippen LogP) is 1.30. The van der Waals surface area contributed by atoms with Gasteiger partial charge in [-0.3, -0.25) is 9.89 Å². The Balaban J connectivity index is 1.90. The minimum atomic E-state index is -0.637. The monoisotopic (exact) mass is 345 g/mol. The molecule has 10 heteroatoms. The van der Waals surface area contributed by atoms with E-state index in [4.69, 9.17) is 10.5 Å². The van der Waals surface area contributed by atoms with Gasteiger partial charge in [0, 0.05) is 16.9 Å². The van der Waals surface area contributed by atoms with Gasteiger partial charge >= 0.3 is 0 Å². The number of methoxy groups -OCH3 is 1. The molecule has 2 heterocycles. The lowest BCUT2D eigenvalue weighted by Gasteiger charge is -2.09. The average molecular weight is 345 g/mol. The number of amides is 1. The number of aromatic nitrogens is 6. The van der Waals surface area contributed by atoms with Crippen molar-refractivity contribution in [1.29, 1.82) is 0 Å². The molecule has 0 fully saturated rings. The molecule has 124 valence electrons. The number of nitrogens with one attached hydrogen (secondary N) is 2. The standard InChI is InChI=1S/C14H15N7O2S/c1-7-16-14(20-17-7)24-6-9-5-8(3-4-10(9)23-2)11-12(13(15)22)19-21-18-11/h3-5H,6H2,1-2H3,(H2,15,22)(H,16,17,20)(H,18,19,21). The molecular formula is C14H15N7O2S. The number of ether oxygens (including phenoxy) is 1. The van der Waals surface area contributed by atoms with Gasteiger partial charge in [0.25, 0.3) is 5.91 Å². The van der Waals surface area contributed by atoms with E-state index in [2.05, 4.69) is 30.6 Å². The number of rotatable bonds is 6. The number of aromatic amines is 2. The van der Waals surface area contributed by atoms with Crippen LogP contribution in [0.1, 0.15) is 21.9 Å². The van der Waals surface area contributed by atoms with Crippen LogP contribution in [0.3, 0.4) is 0 Å². The molecule has 9 nitrogen and oxygen atoms in total. The number of H-pyrrole nitrogens is 2. The van der Waals surface area contributed by atoms with Crippen LogP contribution in [0.4, 0.5) is 0 Å². The van der Waals surface area contributed by atoms with Gasteiger partial charge in [-0.1, -0.05) is 11.8 Å². The lowest BCUT2D eigenvalue weighted by molar-refractivity contribution is 0.0996. The summed E-state index contributed by atoms with van der Waals surface area (Å²) in [5.41, 5.74) is 7.46. The van der Waals surface area contributed by atoms with Crippen LogP contribution in [0.5, 0.6) is 5.75 Å². The highest BCUT2D eigenvalue weighted by Crippen LogP contribution is 2.31. The zero-order chi connectivity index (χ0) is 17.1. The van der Waals surface area contributed by atoms with Crippen LogP contribution in [-0.4, -0.2) is 43.6 Å². The number of carbonyl (C=O) groups excluding carboxylic acids is 1. The zero-order valence-electron chi connectivity index (χ0n) is 13.0. The highest BCUT2D eigenvalue weighted by atomic mass is 32.2. The van der Waals surface area contributed by atoms with Crippen molar-refractivity contribution in [3.63, 3.8) is 0 Å². The Morgan fingerprint density at radius 2 is 2.17 bits per heavy atom. The van der Waals surface area contributed by atoms with Crippen molar-refractivity contribution >= 4 is 17.7 Å². The average Bonchev–Trinajstić information content (AvgIpc) is 3.21. The normalized spacial score (nSPS) is 10.8.